The van der Waals surface area contributed by atoms with E-state index in [0.717, 1.165) is 39.2 Å². The van der Waals surface area contributed by atoms with Crippen LogP contribution in [-0.4, -0.2) is 27.0 Å². The number of rotatable bonds is 6. The molecule has 158 valence electrons. The Hall–Kier alpha value is -3.51. The van der Waals surface area contributed by atoms with E-state index in [1.165, 1.54) is 0 Å². The van der Waals surface area contributed by atoms with Crippen LogP contribution in [0.25, 0.3) is 11.2 Å². The number of hydrogen-bond donors (Lipinski definition) is 1. The molecule has 0 saturated heterocycles. The third-order valence-corrected chi connectivity index (χ3v) is 6.38. The van der Waals surface area contributed by atoms with Crippen LogP contribution in [0.4, 0.5) is 5.82 Å². The quantitative estimate of drug-likeness (QED) is 0.252. The molecule has 0 amide bonds. The second kappa shape index (κ2) is 8.55. The van der Waals surface area contributed by atoms with Crippen LogP contribution in [0.3, 0.4) is 0 Å². The maximum absolute atomic E-state index is 4.91. The van der Waals surface area contributed by atoms with Crippen molar-refractivity contribution in [2.24, 2.45) is 0 Å². The van der Waals surface area contributed by atoms with Crippen LogP contribution in [0, 0.1) is 0 Å². The molecule has 2 heterocycles. The van der Waals surface area contributed by atoms with Gasteiger partial charge in [-0.15, -0.1) is 5.10 Å². The largest absolute Gasteiger partial charge is 0.373 e. The molecule has 0 unspecified atom stereocenters. The Morgan fingerprint density at radius 2 is 1.31 bits per heavy atom. The summed E-state index contributed by atoms with van der Waals surface area (Å²) < 4.78 is 1.97. The van der Waals surface area contributed by atoms with Gasteiger partial charge in [-0.05, 0) is 28.3 Å². The lowest BCUT2D eigenvalue weighted by molar-refractivity contribution is 0.458. The first-order valence-corrected chi connectivity index (χ1v) is 11.6. The molecule has 0 spiro atoms. The first kappa shape index (κ1) is 20.4. The van der Waals surface area contributed by atoms with Crippen molar-refractivity contribution in [1.82, 2.24) is 20.0 Å². The lowest BCUT2D eigenvalue weighted by Gasteiger charge is -2.36. The molecule has 1 N–H and O–H groups in total. The zero-order valence-corrected chi connectivity index (χ0v) is 19.2. The van der Waals surface area contributed by atoms with Gasteiger partial charge in [-0.25, -0.2) is 9.67 Å². The summed E-state index contributed by atoms with van der Waals surface area (Å²) in [5, 5.41) is 13.2. The number of halogens is 1. The molecule has 0 aliphatic carbocycles. The third-order valence-electron chi connectivity index (χ3n) is 5.78. The normalized spacial score (nSPS) is 11.6. The number of nitrogens with one attached hydrogen (secondary N) is 1. The van der Waals surface area contributed by atoms with E-state index in [9.17, 15) is 0 Å². The van der Waals surface area contributed by atoms with Gasteiger partial charge in [0.1, 0.15) is 16.9 Å². The molecule has 0 aliphatic heterocycles. The van der Waals surface area contributed by atoms with Gasteiger partial charge in [0.05, 0.1) is 0 Å². The van der Waals surface area contributed by atoms with E-state index in [-0.39, 0.29) is 0 Å². The highest BCUT2D eigenvalue weighted by Crippen LogP contribution is 2.41. The predicted octanol–water partition coefficient (Wildman–Crippen LogP) is 5.60. The number of fused-ring (bicyclic) bond motifs is 1. The molecule has 2 aromatic heterocycles. The van der Waals surface area contributed by atoms with Gasteiger partial charge in [-0.1, -0.05) is 112 Å². The maximum atomic E-state index is 4.91. The topological polar surface area (TPSA) is 55.6 Å². The van der Waals surface area contributed by atoms with Crippen molar-refractivity contribution in [3.63, 3.8) is 0 Å². The summed E-state index contributed by atoms with van der Waals surface area (Å²) >= 11 is 3.60. The van der Waals surface area contributed by atoms with Gasteiger partial charge in [0, 0.05) is 12.4 Å². The van der Waals surface area contributed by atoms with Crippen LogP contribution >= 0.6 is 15.9 Å². The fourth-order valence-electron chi connectivity index (χ4n) is 4.33. The van der Waals surface area contributed by atoms with E-state index < -0.39 is 5.54 Å². The molecule has 5 rings (SSSR count). The highest BCUT2D eigenvalue weighted by Gasteiger charge is 2.41. The van der Waals surface area contributed by atoms with Gasteiger partial charge in [0.25, 0.3) is 0 Å². The summed E-state index contributed by atoms with van der Waals surface area (Å²) in [6.45, 7) is 0. The zero-order valence-electron chi connectivity index (χ0n) is 17.6. The van der Waals surface area contributed by atoms with E-state index >= 15 is 0 Å². The summed E-state index contributed by atoms with van der Waals surface area (Å²) in [5.74, 6) is 0.776. The lowest BCUT2D eigenvalue weighted by Crippen LogP contribution is -2.38. The van der Waals surface area contributed by atoms with Crippen LogP contribution in [0.2, 0.25) is 0 Å². The molecule has 0 aliphatic rings. The summed E-state index contributed by atoms with van der Waals surface area (Å²) in [7, 11) is 1.87. The molecule has 32 heavy (non-hydrogen) atoms. The molecule has 0 fully saturated rings. The third kappa shape index (κ3) is 3.19. The van der Waals surface area contributed by atoms with Gasteiger partial charge in [-0.3, -0.25) is 0 Å². The number of aromatic nitrogens is 4. The Morgan fingerprint density at radius 3 is 1.75 bits per heavy atom. The Kier molecular flexibility index (Phi) is 5.45. The minimum atomic E-state index is -0.749. The number of alkyl halides is 1. The minimum absolute atomic E-state index is 0.661. The molecule has 0 saturated carbocycles. The Balaban J connectivity index is 1.96. The highest BCUT2D eigenvalue weighted by molar-refractivity contribution is 9.08. The maximum Gasteiger partial charge on any atom is 0.182 e. The molecule has 5 nitrogen and oxygen atoms in total. The van der Waals surface area contributed by atoms with E-state index in [0.29, 0.717) is 5.33 Å². The number of hydrogen-bond acceptors (Lipinski definition) is 4. The van der Waals surface area contributed by atoms with Gasteiger partial charge < -0.3 is 5.32 Å². The number of anilines is 1. The van der Waals surface area contributed by atoms with E-state index in [2.05, 4.69) is 99.1 Å². The van der Waals surface area contributed by atoms with Crippen LogP contribution in [0.15, 0.2) is 97.1 Å². The zero-order chi connectivity index (χ0) is 22.0. The second-order valence-electron chi connectivity index (χ2n) is 7.53. The molecule has 6 heteroatoms. The lowest BCUT2D eigenvalue weighted by atomic mass is 9.77. The minimum Gasteiger partial charge on any atom is -0.373 e. The molecule has 0 atom stereocenters. The average Bonchev–Trinajstić information content (AvgIpc) is 3.30. The smallest absolute Gasteiger partial charge is 0.182 e. The summed E-state index contributed by atoms with van der Waals surface area (Å²) in [5.41, 5.74) is 5.05. The molecule has 0 radical (unpaired) electrons. The van der Waals surface area contributed by atoms with Crippen molar-refractivity contribution >= 4 is 32.9 Å². The van der Waals surface area contributed by atoms with Crippen molar-refractivity contribution < 1.29 is 0 Å². The summed E-state index contributed by atoms with van der Waals surface area (Å²) in [4.78, 5) is 4.91. The van der Waals surface area contributed by atoms with Gasteiger partial charge in [0.2, 0.25) is 0 Å². The van der Waals surface area contributed by atoms with Gasteiger partial charge >= 0.3 is 0 Å². The summed E-state index contributed by atoms with van der Waals surface area (Å²) in [6, 6.07) is 33.3. The monoisotopic (exact) mass is 483 g/mol. The molecule has 0 bridgehead atoms. The fraction of sp³-hybridized carbons (Fsp3) is 0.115. The number of pyridine rings is 1. The average molecular weight is 484 g/mol. The predicted molar refractivity (Wildman–Crippen MR) is 132 cm³/mol. The van der Waals surface area contributed by atoms with E-state index in [1.54, 1.807) is 0 Å². The van der Waals surface area contributed by atoms with Crippen LogP contribution in [0.1, 0.15) is 22.3 Å². The van der Waals surface area contributed by atoms with Crippen LogP contribution in [0.5, 0.6) is 0 Å². The standard InChI is InChI=1S/C26H22BrN5/c1-28-23-17-19(18-27)24-25(29-23)32(31-30-24)26(20-11-5-2-6-12-20,21-13-7-3-8-14-21)22-15-9-4-10-16-22/h2-17H,18H2,1H3,(H,28,29). The Labute approximate surface area is 195 Å². The molecule has 3 aromatic carbocycles. The fourth-order valence-corrected chi connectivity index (χ4v) is 4.75. The van der Waals surface area contributed by atoms with Crippen molar-refractivity contribution in [1.29, 1.82) is 0 Å². The van der Waals surface area contributed by atoms with E-state index in [4.69, 9.17) is 10.2 Å². The van der Waals surface area contributed by atoms with Crippen molar-refractivity contribution in [2.75, 3.05) is 12.4 Å². The number of benzene rings is 3. The van der Waals surface area contributed by atoms with Crippen LogP contribution in [-0.2, 0) is 10.9 Å². The second-order valence-corrected chi connectivity index (χ2v) is 8.09. The SMILES string of the molecule is CNc1cc(CBr)c2nnn(C(c3ccccc3)(c3ccccc3)c3ccccc3)c2n1. The first-order valence-electron chi connectivity index (χ1n) is 10.4. The van der Waals surface area contributed by atoms with Crippen molar-refractivity contribution in [3.05, 3.63) is 119 Å². The van der Waals surface area contributed by atoms with Crippen LogP contribution < -0.4 is 5.32 Å². The van der Waals surface area contributed by atoms with Gasteiger partial charge in [-0.2, -0.15) is 0 Å². The highest BCUT2D eigenvalue weighted by atomic mass is 79.9. The summed E-state index contributed by atoms with van der Waals surface area (Å²) in [6.07, 6.45) is 0. The van der Waals surface area contributed by atoms with Crippen molar-refractivity contribution in [2.45, 2.75) is 10.9 Å². The Bertz CT molecular complexity index is 1240. The van der Waals surface area contributed by atoms with E-state index in [1.807, 2.05) is 36.0 Å². The number of nitrogens with zero attached hydrogens (tertiary/aromatic N) is 4. The van der Waals surface area contributed by atoms with Gasteiger partial charge in [0.15, 0.2) is 5.65 Å². The Morgan fingerprint density at radius 1 is 0.812 bits per heavy atom. The van der Waals surface area contributed by atoms with Crippen molar-refractivity contribution in [3.8, 4) is 0 Å². The first-order chi connectivity index (χ1) is 15.8. The molecular weight excluding hydrogens is 462 g/mol. The molecule has 5 aromatic rings. The molecular formula is C26H22BrN5.